The summed E-state index contributed by atoms with van der Waals surface area (Å²) in [7, 11) is 0. The molecule has 0 aromatic rings. The van der Waals surface area contributed by atoms with E-state index in [0.29, 0.717) is 5.01 Å². The van der Waals surface area contributed by atoms with E-state index in [1.165, 1.54) is 13.8 Å². The molecule has 0 rings (SSSR count). The van der Waals surface area contributed by atoms with E-state index >= 15 is 0 Å². The molecular weight excluding hydrogens is 280 g/mol. The molecule has 3 N–H and O–H groups in total. The van der Waals surface area contributed by atoms with Crippen molar-refractivity contribution in [2.24, 2.45) is 5.29 Å². The van der Waals surface area contributed by atoms with Crippen LogP contribution in [0.25, 0.3) is 0 Å². The van der Waals surface area contributed by atoms with Crippen molar-refractivity contribution in [2.75, 3.05) is 12.4 Å². The fourth-order valence-electron chi connectivity index (χ4n) is 0.985. The molecule has 10 heteroatoms. The predicted octanol–water partition coefficient (Wildman–Crippen LogP) is -0.104. The Balaban J connectivity index is 4.39. The third kappa shape index (κ3) is 6.00. The normalized spacial score (nSPS) is 13.0. The Morgan fingerprint density at radius 1 is 1.26 bits per heavy atom. The van der Waals surface area contributed by atoms with Crippen LogP contribution in [0.3, 0.4) is 0 Å². The van der Waals surface area contributed by atoms with E-state index in [1.807, 2.05) is 0 Å². The van der Waals surface area contributed by atoms with Gasteiger partial charge in [0.05, 0.1) is 11.8 Å². The monoisotopic (exact) mass is 294 g/mol. The van der Waals surface area contributed by atoms with Crippen LogP contribution >= 0.6 is 11.6 Å². The van der Waals surface area contributed by atoms with Crippen LogP contribution in [-0.4, -0.2) is 52.5 Å². The Morgan fingerprint density at radius 2 is 1.84 bits per heavy atom. The van der Waals surface area contributed by atoms with Crippen LogP contribution in [0.1, 0.15) is 13.8 Å². The molecule has 0 fully saturated rings. The van der Waals surface area contributed by atoms with Crippen molar-refractivity contribution in [1.82, 2.24) is 15.6 Å². The van der Waals surface area contributed by atoms with Crippen molar-refractivity contribution >= 4 is 29.5 Å². The fraction of sp³-hybridized carbons (Fsp3) is 0.667. The van der Waals surface area contributed by atoms with Gasteiger partial charge in [0.15, 0.2) is 0 Å². The minimum atomic E-state index is -1.20. The van der Waals surface area contributed by atoms with Gasteiger partial charge in [0, 0.05) is 5.88 Å². The highest BCUT2D eigenvalue weighted by Crippen LogP contribution is 1.94. The summed E-state index contributed by atoms with van der Waals surface area (Å²) >= 11 is 5.36. The standard InChI is InChI=1S/C9H15ClN4O5/c1-5(7(15)11-6(2)8(16)17)12-9(18)14(13-19)4-3-10/h5-6H,3-4H2,1-2H3,(H,11,15)(H,12,18)(H,16,17)/t5-,6-/m0/s1. The Morgan fingerprint density at radius 3 is 2.26 bits per heavy atom. The molecule has 0 aliphatic carbocycles. The number of nitrogens with one attached hydrogen (secondary N) is 2. The Labute approximate surface area is 114 Å². The summed E-state index contributed by atoms with van der Waals surface area (Å²) in [5, 5.41) is 15.9. The highest BCUT2D eigenvalue weighted by Gasteiger charge is 2.22. The maximum atomic E-state index is 11.5. The Bertz CT molecular complexity index is 365. The van der Waals surface area contributed by atoms with Crippen molar-refractivity contribution in [3.63, 3.8) is 0 Å². The molecule has 3 amide bonds. The largest absolute Gasteiger partial charge is 0.480 e. The summed E-state index contributed by atoms with van der Waals surface area (Å²) in [6.07, 6.45) is 0. The van der Waals surface area contributed by atoms with E-state index in [0.717, 1.165) is 0 Å². The van der Waals surface area contributed by atoms with Crippen LogP contribution in [0.5, 0.6) is 0 Å². The number of urea groups is 1. The highest BCUT2D eigenvalue weighted by atomic mass is 35.5. The first-order valence-corrected chi connectivity index (χ1v) is 5.87. The number of carboxylic acid groups (broad SMARTS) is 1. The summed E-state index contributed by atoms with van der Waals surface area (Å²) in [4.78, 5) is 43.9. The van der Waals surface area contributed by atoms with Gasteiger partial charge in [-0.2, -0.15) is 5.01 Å². The molecule has 0 spiro atoms. The van der Waals surface area contributed by atoms with Crippen molar-refractivity contribution < 1.29 is 19.5 Å². The average molecular weight is 295 g/mol. The molecule has 0 saturated heterocycles. The van der Waals surface area contributed by atoms with Gasteiger partial charge in [0.2, 0.25) is 5.91 Å². The smallest absolute Gasteiger partial charge is 0.341 e. The molecule has 2 atom stereocenters. The van der Waals surface area contributed by atoms with Gasteiger partial charge in [0.1, 0.15) is 12.1 Å². The van der Waals surface area contributed by atoms with Crippen molar-refractivity contribution in [2.45, 2.75) is 25.9 Å². The van der Waals surface area contributed by atoms with Crippen LogP contribution in [0.15, 0.2) is 5.29 Å². The number of carbonyl (C=O) groups is 3. The zero-order chi connectivity index (χ0) is 15.0. The van der Waals surface area contributed by atoms with E-state index in [2.05, 4.69) is 15.9 Å². The molecule has 19 heavy (non-hydrogen) atoms. The van der Waals surface area contributed by atoms with Crippen molar-refractivity contribution in [1.29, 1.82) is 0 Å². The number of hydrogen-bond acceptors (Lipinski definition) is 5. The van der Waals surface area contributed by atoms with Gasteiger partial charge in [-0.1, -0.05) is 0 Å². The van der Waals surface area contributed by atoms with Gasteiger partial charge >= 0.3 is 12.0 Å². The number of carboxylic acids is 1. The lowest BCUT2D eigenvalue weighted by Crippen LogP contribution is -2.51. The second-order valence-electron chi connectivity index (χ2n) is 3.63. The number of aliphatic carboxylic acids is 1. The maximum absolute atomic E-state index is 11.5. The number of halogens is 1. The molecule has 0 radical (unpaired) electrons. The number of nitrogens with zero attached hydrogens (tertiary/aromatic N) is 2. The molecule has 0 aliphatic heterocycles. The summed E-state index contributed by atoms with van der Waals surface area (Å²) in [5.41, 5.74) is 0. The second-order valence-corrected chi connectivity index (χ2v) is 4.01. The first kappa shape index (κ1) is 17.1. The Kier molecular flexibility index (Phi) is 7.42. The van der Waals surface area contributed by atoms with Crippen LogP contribution < -0.4 is 10.6 Å². The van der Waals surface area contributed by atoms with Gasteiger partial charge in [-0.3, -0.25) is 9.59 Å². The minimum absolute atomic E-state index is 0.00971. The van der Waals surface area contributed by atoms with E-state index in [9.17, 15) is 19.3 Å². The summed E-state index contributed by atoms with van der Waals surface area (Å²) in [5.74, 6) is -1.89. The lowest BCUT2D eigenvalue weighted by molar-refractivity contribution is -0.141. The van der Waals surface area contributed by atoms with E-state index < -0.39 is 30.0 Å². The molecule has 0 heterocycles. The average Bonchev–Trinajstić information content (AvgIpc) is 2.35. The molecule has 0 aliphatic rings. The SMILES string of the molecule is C[C@H](NC(=O)[C@H](C)NC(=O)N(CCCl)N=O)C(=O)O. The van der Waals surface area contributed by atoms with Gasteiger partial charge in [-0.05, 0) is 13.8 Å². The molecular formula is C9H15ClN4O5. The minimum Gasteiger partial charge on any atom is -0.480 e. The number of carbonyl (C=O) groups excluding carboxylic acids is 2. The van der Waals surface area contributed by atoms with Gasteiger partial charge < -0.3 is 15.7 Å². The summed E-state index contributed by atoms with van der Waals surface area (Å²) in [6.45, 7) is 2.52. The molecule has 0 aromatic carbocycles. The highest BCUT2D eigenvalue weighted by molar-refractivity contribution is 6.18. The number of amides is 3. The lowest BCUT2D eigenvalue weighted by atomic mass is 10.2. The molecule has 0 unspecified atom stereocenters. The number of nitroso groups, excluding NO2 is 1. The molecule has 9 nitrogen and oxygen atoms in total. The zero-order valence-corrected chi connectivity index (χ0v) is 11.2. The zero-order valence-electron chi connectivity index (χ0n) is 10.4. The summed E-state index contributed by atoms with van der Waals surface area (Å²) < 4.78 is 0. The Hall–Kier alpha value is -1.90. The third-order valence-electron chi connectivity index (χ3n) is 2.09. The van der Waals surface area contributed by atoms with Gasteiger partial charge in [-0.25, -0.2) is 4.79 Å². The molecule has 0 aromatic heterocycles. The van der Waals surface area contributed by atoms with Crippen LogP contribution in [0.2, 0.25) is 0 Å². The topological polar surface area (TPSA) is 128 Å². The van der Waals surface area contributed by atoms with Crippen LogP contribution in [0, 0.1) is 4.91 Å². The summed E-state index contributed by atoms with van der Waals surface area (Å²) in [6, 6.07) is -3.00. The molecule has 0 saturated carbocycles. The predicted molar refractivity (Wildman–Crippen MR) is 66.5 cm³/mol. The number of hydrogen-bond donors (Lipinski definition) is 3. The lowest BCUT2D eigenvalue weighted by Gasteiger charge is -2.18. The quantitative estimate of drug-likeness (QED) is 0.343. The maximum Gasteiger partial charge on any atom is 0.341 e. The second kappa shape index (κ2) is 8.25. The van der Waals surface area contributed by atoms with E-state index in [1.54, 1.807) is 0 Å². The first-order chi connectivity index (χ1) is 8.83. The molecule has 0 bridgehead atoms. The van der Waals surface area contributed by atoms with Crippen molar-refractivity contribution in [3.05, 3.63) is 4.91 Å². The van der Waals surface area contributed by atoms with Crippen LogP contribution in [0.4, 0.5) is 4.79 Å². The third-order valence-corrected chi connectivity index (χ3v) is 2.26. The number of rotatable bonds is 7. The van der Waals surface area contributed by atoms with Crippen molar-refractivity contribution in [3.8, 4) is 0 Å². The fourth-order valence-corrected chi connectivity index (χ4v) is 1.15. The number of alkyl halides is 1. The first-order valence-electron chi connectivity index (χ1n) is 5.34. The van der Waals surface area contributed by atoms with Gasteiger partial charge in [0.25, 0.3) is 0 Å². The molecule has 108 valence electrons. The van der Waals surface area contributed by atoms with Crippen LogP contribution in [-0.2, 0) is 9.59 Å². The van der Waals surface area contributed by atoms with Gasteiger partial charge in [-0.15, -0.1) is 16.5 Å². The van der Waals surface area contributed by atoms with E-state index in [-0.39, 0.29) is 12.4 Å². The van der Waals surface area contributed by atoms with E-state index in [4.69, 9.17) is 16.7 Å².